The lowest BCUT2D eigenvalue weighted by Crippen LogP contribution is -2.50. The molecular weight excluding hydrogens is 324 g/mol. The minimum atomic E-state index is 0.0140. The minimum absolute atomic E-state index is 0.0140. The fraction of sp³-hybridized carbons (Fsp3) is 0.429. The zero-order valence-electron chi connectivity index (χ0n) is 15.1. The van der Waals surface area contributed by atoms with Crippen LogP contribution in [0.1, 0.15) is 30.0 Å². The van der Waals surface area contributed by atoms with Crippen molar-refractivity contribution in [3.05, 3.63) is 59.8 Å². The molecule has 1 unspecified atom stereocenters. The van der Waals surface area contributed by atoms with Crippen molar-refractivity contribution in [2.24, 2.45) is 0 Å². The zero-order chi connectivity index (χ0) is 17.8. The summed E-state index contributed by atoms with van der Waals surface area (Å²) in [7, 11) is 0. The van der Waals surface area contributed by atoms with E-state index in [0.29, 0.717) is 18.4 Å². The fourth-order valence-electron chi connectivity index (χ4n) is 4.16. The van der Waals surface area contributed by atoms with E-state index in [2.05, 4.69) is 44.4 Å². The van der Waals surface area contributed by atoms with Gasteiger partial charge in [-0.15, -0.1) is 0 Å². The average molecular weight is 350 g/mol. The van der Waals surface area contributed by atoms with Crippen LogP contribution in [0.25, 0.3) is 0 Å². The quantitative estimate of drug-likeness (QED) is 0.921. The van der Waals surface area contributed by atoms with Crippen LogP contribution < -0.4 is 5.32 Å². The van der Waals surface area contributed by atoms with Crippen LogP contribution in [0.3, 0.4) is 0 Å². The summed E-state index contributed by atoms with van der Waals surface area (Å²) in [5, 5.41) is 2.87. The van der Waals surface area contributed by atoms with Crippen molar-refractivity contribution < 1.29 is 4.79 Å². The number of aryl methyl sites for hydroxylation is 1. The lowest BCUT2D eigenvalue weighted by Gasteiger charge is -2.41. The fourth-order valence-corrected chi connectivity index (χ4v) is 4.16. The first kappa shape index (κ1) is 17.2. The Morgan fingerprint density at radius 3 is 2.69 bits per heavy atom. The van der Waals surface area contributed by atoms with Gasteiger partial charge in [-0.25, -0.2) is 4.98 Å². The molecule has 0 bridgehead atoms. The molecule has 2 aliphatic rings. The third-order valence-corrected chi connectivity index (χ3v) is 5.49. The molecule has 1 amide bonds. The molecule has 1 aliphatic carbocycles. The second-order valence-corrected chi connectivity index (χ2v) is 7.18. The molecule has 1 aliphatic heterocycles. The van der Waals surface area contributed by atoms with Gasteiger partial charge in [0.25, 0.3) is 0 Å². The highest BCUT2D eigenvalue weighted by Gasteiger charge is 2.28. The van der Waals surface area contributed by atoms with Gasteiger partial charge in [-0.05, 0) is 42.5 Å². The summed E-state index contributed by atoms with van der Waals surface area (Å²) in [5.74, 6) is 0.634. The third-order valence-electron chi connectivity index (χ3n) is 5.49. The van der Waals surface area contributed by atoms with Gasteiger partial charge in [-0.3, -0.25) is 14.6 Å². The number of benzene rings is 1. The van der Waals surface area contributed by atoms with Crippen LogP contribution in [0.15, 0.2) is 48.7 Å². The molecule has 1 saturated heterocycles. The lowest BCUT2D eigenvalue weighted by molar-refractivity contribution is -0.117. The third kappa shape index (κ3) is 3.94. The Kier molecular flexibility index (Phi) is 5.27. The van der Waals surface area contributed by atoms with Crippen LogP contribution in [-0.2, 0) is 11.2 Å². The van der Waals surface area contributed by atoms with Gasteiger partial charge >= 0.3 is 0 Å². The van der Waals surface area contributed by atoms with Gasteiger partial charge in [0.15, 0.2) is 0 Å². The molecular formula is C21H26N4O. The molecule has 1 aromatic carbocycles. The predicted octanol–water partition coefficient (Wildman–Crippen LogP) is 2.72. The van der Waals surface area contributed by atoms with Crippen molar-refractivity contribution in [2.45, 2.75) is 25.3 Å². The number of nitrogens with one attached hydrogen (secondary N) is 1. The second kappa shape index (κ2) is 7.98. The molecule has 5 heteroatoms. The molecule has 2 aromatic rings. The highest BCUT2D eigenvalue weighted by molar-refractivity contribution is 5.91. The maximum Gasteiger partial charge on any atom is 0.239 e. The topological polar surface area (TPSA) is 48.5 Å². The number of pyridine rings is 1. The zero-order valence-corrected chi connectivity index (χ0v) is 15.1. The molecule has 4 rings (SSSR count). The first-order chi connectivity index (χ1) is 12.8. The number of nitrogens with zero attached hydrogens (tertiary/aromatic N) is 3. The number of hydrogen-bond donors (Lipinski definition) is 1. The number of amides is 1. The average Bonchev–Trinajstić information content (AvgIpc) is 2.69. The molecule has 0 saturated carbocycles. The summed E-state index contributed by atoms with van der Waals surface area (Å²) in [5.41, 5.74) is 3.03. The SMILES string of the molecule is O=C(CN1CCN(C2CCCc3ccccc32)CC1)Nc1ccccn1. The highest BCUT2D eigenvalue weighted by Crippen LogP contribution is 2.34. The summed E-state index contributed by atoms with van der Waals surface area (Å²) in [6.45, 7) is 4.36. The van der Waals surface area contributed by atoms with Gasteiger partial charge in [-0.1, -0.05) is 30.3 Å². The van der Waals surface area contributed by atoms with Gasteiger partial charge < -0.3 is 5.32 Å². The van der Waals surface area contributed by atoms with Crippen LogP contribution in [0.4, 0.5) is 5.82 Å². The molecule has 0 spiro atoms. The van der Waals surface area contributed by atoms with E-state index in [1.54, 1.807) is 6.20 Å². The Morgan fingerprint density at radius 1 is 1.08 bits per heavy atom. The van der Waals surface area contributed by atoms with E-state index in [9.17, 15) is 4.79 Å². The van der Waals surface area contributed by atoms with E-state index < -0.39 is 0 Å². The Labute approximate surface area is 155 Å². The minimum Gasteiger partial charge on any atom is -0.310 e. The number of piperazine rings is 1. The number of aromatic nitrogens is 1. The summed E-state index contributed by atoms with van der Waals surface area (Å²) in [6.07, 6.45) is 5.42. The van der Waals surface area contributed by atoms with E-state index in [4.69, 9.17) is 0 Å². The van der Waals surface area contributed by atoms with Crippen molar-refractivity contribution in [2.75, 3.05) is 38.0 Å². The Hall–Kier alpha value is -2.24. The molecule has 26 heavy (non-hydrogen) atoms. The summed E-state index contributed by atoms with van der Waals surface area (Å²) in [4.78, 5) is 21.2. The number of carbonyl (C=O) groups excluding carboxylic acids is 1. The molecule has 1 atom stereocenters. The van der Waals surface area contributed by atoms with Crippen molar-refractivity contribution in [3.8, 4) is 0 Å². The van der Waals surface area contributed by atoms with Gasteiger partial charge in [-0.2, -0.15) is 0 Å². The Morgan fingerprint density at radius 2 is 1.88 bits per heavy atom. The van der Waals surface area contributed by atoms with Crippen LogP contribution in [0, 0.1) is 0 Å². The summed E-state index contributed by atoms with van der Waals surface area (Å²) >= 11 is 0. The molecule has 5 nitrogen and oxygen atoms in total. The predicted molar refractivity (Wildman–Crippen MR) is 103 cm³/mol. The Balaban J connectivity index is 1.30. The monoisotopic (exact) mass is 350 g/mol. The number of anilines is 1. The van der Waals surface area contributed by atoms with E-state index in [1.165, 1.54) is 30.4 Å². The number of carbonyl (C=O) groups is 1. The van der Waals surface area contributed by atoms with Gasteiger partial charge in [0.1, 0.15) is 5.82 Å². The highest BCUT2D eigenvalue weighted by atomic mass is 16.2. The first-order valence-corrected chi connectivity index (χ1v) is 9.55. The van der Waals surface area contributed by atoms with Crippen LogP contribution in [-0.4, -0.2) is 53.4 Å². The van der Waals surface area contributed by atoms with Crippen molar-refractivity contribution >= 4 is 11.7 Å². The maximum absolute atomic E-state index is 12.2. The van der Waals surface area contributed by atoms with Crippen molar-refractivity contribution in [3.63, 3.8) is 0 Å². The van der Waals surface area contributed by atoms with E-state index in [0.717, 1.165) is 26.2 Å². The molecule has 1 fully saturated rings. The van der Waals surface area contributed by atoms with Crippen LogP contribution in [0.2, 0.25) is 0 Å². The summed E-state index contributed by atoms with van der Waals surface area (Å²) < 4.78 is 0. The van der Waals surface area contributed by atoms with Crippen molar-refractivity contribution in [1.82, 2.24) is 14.8 Å². The van der Waals surface area contributed by atoms with E-state index >= 15 is 0 Å². The maximum atomic E-state index is 12.2. The molecule has 1 aromatic heterocycles. The number of hydrogen-bond acceptors (Lipinski definition) is 4. The normalized spacial score (nSPS) is 21.2. The van der Waals surface area contributed by atoms with Gasteiger partial charge in [0, 0.05) is 38.4 Å². The lowest BCUT2D eigenvalue weighted by atomic mass is 9.86. The number of fused-ring (bicyclic) bond motifs is 1. The largest absolute Gasteiger partial charge is 0.310 e. The molecule has 136 valence electrons. The molecule has 1 N–H and O–H groups in total. The summed E-state index contributed by atoms with van der Waals surface area (Å²) in [6, 6.07) is 15.0. The molecule has 2 heterocycles. The standard InChI is InChI=1S/C21H26N4O/c26-21(23-20-10-3-4-11-22-20)16-24-12-14-25(15-13-24)19-9-5-7-17-6-1-2-8-18(17)19/h1-4,6,8,10-11,19H,5,7,9,12-16H2,(H,22,23,26). The second-order valence-electron chi connectivity index (χ2n) is 7.18. The number of rotatable bonds is 4. The smallest absolute Gasteiger partial charge is 0.239 e. The van der Waals surface area contributed by atoms with Crippen LogP contribution >= 0.6 is 0 Å². The molecule has 0 radical (unpaired) electrons. The van der Waals surface area contributed by atoms with Crippen molar-refractivity contribution in [1.29, 1.82) is 0 Å². The van der Waals surface area contributed by atoms with Gasteiger partial charge in [0.2, 0.25) is 5.91 Å². The van der Waals surface area contributed by atoms with E-state index in [1.807, 2.05) is 18.2 Å². The van der Waals surface area contributed by atoms with E-state index in [-0.39, 0.29) is 5.91 Å². The van der Waals surface area contributed by atoms with Crippen LogP contribution in [0.5, 0.6) is 0 Å². The Bertz CT molecular complexity index is 741. The van der Waals surface area contributed by atoms with Gasteiger partial charge in [0.05, 0.1) is 6.54 Å². The first-order valence-electron chi connectivity index (χ1n) is 9.55.